The number of thioether (sulfide) groups is 2. The molecule has 2 N–H and O–H groups in total. The molecule has 3 rings (SSSR count). The van der Waals surface area contributed by atoms with Gasteiger partial charge in [0.15, 0.2) is 0 Å². The Morgan fingerprint density at radius 1 is 1.36 bits per heavy atom. The van der Waals surface area contributed by atoms with E-state index >= 15 is 0 Å². The normalized spacial score (nSPS) is 26.0. The van der Waals surface area contributed by atoms with Gasteiger partial charge in [0.2, 0.25) is 11.8 Å². The second kappa shape index (κ2) is 7.29. The third kappa shape index (κ3) is 3.64. The smallest absolute Gasteiger partial charge is 0.330 e. The minimum absolute atomic E-state index is 0.109. The lowest BCUT2D eigenvalue weighted by molar-refractivity contribution is -0.147. The molecule has 2 saturated heterocycles. The minimum Gasteiger partial charge on any atom is -0.479 e. The molecule has 2 amide bonds. The van der Waals surface area contributed by atoms with Crippen molar-refractivity contribution >= 4 is 47.0 Å². The lowest BCUT2D eigenvalue weighted by Crippen LogP contribution is -2.56. The first kappa shape index (κ1) is 18.1. The van der Waals surface area contributed by atoms with Gasteiger partial charge in [0.25, 0.3) is 0 Å². The Morgan fingerprint density at radius 2 is 2.08 bits per heavy atom. The Kier molecular flexibility index (Phi) is 5.29. The molecule has 0 bridgehead atoms. The van der Waals surface area contributed by atoms with E-state index in [2.05, 4.69) is 5.32 Å². The molecule has 8 heteroatoms. The highest BCUT2D eigenvalue weighted by Crippen LogP contribution is 2.31. The molecule has 2 unspecified atom stereocenters. The van der Waals surface area contributed by atoms with Crippen molar-refractivity contribution in [1.29, 1.82) is 0 Å². The van der Waals surface area contributed by atoms with E-state index in [1.54, 1.807) is 16.7 Å². The molecule has 2 aliphatic heterocycles. The van der Waals surface area contributed by atoms with Crippen LogP contribution in [-0.2, 0) is 14.4 Å². The number of nitrogens with one attached hydrogen (secondary N) is 1. The molecule has 6 nitrogen and oxygen atoms in total. The largest absolute Gasteiger partial charge is 0.479 e. The summed E-state index contributed by atoms with van der Waals surface area (Å²) in [5.74, 6) is -0.892. The molecule has 0 spiro atoms. The number of hydrogen-bond acceptors (Lipinski definition) is 5. The predicted molar refractivity (Wildman–Crippen MR) is 99.1 cm³/mol. The minimum atomic E-state index is -1.20. The van der Waals surface area contributed by atoms with E-state index in [1.165, 1.54) is 11.8 Å². The van der Waals surface area contributed by atoms with Crippen LogP contribution in [0.4, 0.5) is 5.69 Å². The van der Waals surface area contributed by atoms with Gasteiger partial charge in [-0.25, -0.2) is 4.79 Å². The highest BCUT2D eigenvalue weighted by atomic mass is 32.2. The van der Waals surface area contributed by atoms with E-state index in [4.69, 9.17) is 0 Å². The molecule has 0 radical (unpaired) electrons. The lowest BCUT2D eigenvalue weighted by Gasteiger charge is -2.26. The molecule has 0 saturated carbocycles. The number of aliphatic carboxylic acids is 1. The monoisotopic (exact) mass is 380 g/mol. The first-order chi connectivity index (χ1) is 11.9. The van der Waals surface area contributed by atoms with Gasteiger partial charge in [-0.1, -0.05) is 0 Å². The van der Waals surface area contributed by atoms with E-state index in [9.17, 15) is 19.5 Å². The molecule has 1 aromatic carbocycles. The van der Waals surface area contributed by atoms with Crippen LogP contribution in [0.2, 0.25) is 0 Å². The molecule has 0 aromatic heterocycles. The fraction of sp³-hybridized carbons (Fsp3) is 0.471. The SMILES string of the molecule is CSc1ccc(N2CC(C(=O)NC3(C(=O)O)CCSC3)CC2=O)cc1. The van der Waals surface area contributed by atoms with Gasteiger partial charge in [-0.2, -0.15) is 11.8 Å². The summed E-state index contributed by atoms with van der Waals surface area (Å²) in [6, 6.07) is 7.62. The summed E-state index contributed by atoms with van der Waals surface area (Å²) in [6.07, 6.45) is 2.51. The van der Waals surface area contributed by atoms with E-state index in [0.717, 1.165) is 10.6 Å². The summed E-state index contributed by atoms with van der Waals surface area (Å²) in [4.78, 5) is 39.2. The van der Waals surface area contributed by atoms with Crippen molar-refractivity contribution in [2.24, 2.45) is 5.92 Å². The Balaban J connectivity index is 1.69. The van der Waals surface area contributed by atoms with Crippen molar-refractivity contribution in [3.05, 3.63) is 24.3 Å². The van der Waals surface area contributed by atoms with Crippen molar-refractivity contribution in [2.75, 3.05) is 29.2 Å². The summed E-state index contributed by atoms with van der Waals surface area (Å²) >= 11 is 3.14. The number of nitrogens with zero attached hydrogens (tertiary/aromatic N) is 1. The van der Waals surface area contributed by atoms with Gasteiger partial charge in [0, 0.05) is 29.3 Å². The number of carboxylic acid groups (broad SMARTS) is 1. The zero-order chi connectivity index (χ0) is 18.0. The van der Waals surface area contributed by atoms with Crippen LogP contribution in [0.1, 0.15) is 12.8 Å². The summed E-state index contributed by atoms with van der Waals surface area (Å²) < 4.78 is 0. The highest BCUT2D eigenvalue weighted by molar-refractivity contribution is 7.99. The van der Waals surface area contributed by atoms with Crippen molar-refractivity contribution < 1.29 is 19.5 Å². The first-order valence-electron chi connectivity index (χ1n) is 8.03. The van der Waals surface area contributed by atoms with Gasteiger partial charge in [0.1, 0.15) is 5.54 Å². The molecular formula is C17H20N2O4S2. The standard InChI is InChI=1S/C17H20N2O4S2/c1-24-13-4-2-12(3-5-13)19-9-11(8-14(19)20)15(21)18-17(16(22)23)6-7-25-10-17/h2-5,11H,6-10H2,1H3,(H,18,21)(H,22,23). The fourth-order valence-corrected chi connectivity index (χ4v) is 4.85. The quantitative estimate of drug-likeness (QED) is 0.758. The number of carboxylic acids is 1. The van der Waals surface area contributed by atoms with Crippen molar-refractivity contribution in [1.82, 2.24) is 5.32 Å². The Morgan fingerprint density at radius 3 is 2.64 bits per heavy atom. The zero-order valence-electron chi connectivity index (χ0n) is 13.9. The third-order valence-electron chi connectivity index (χ3n) is 4.67. The van der Waals surface area contributed by atoms with Gasteiger partial charge in [0.05, 0.1) is 5.92 Å². The number of benzene rings is 1. The van der Waals surface area contributed by atoms with Crippen LogP contribution in [0.15, 0.2) is 29.2 Å². The van der Waals surface area contributed by atoms with E-state index in [1.807, 2.05) is 30.5 Å². The summed E-state index contributed by atoms with van der Waals surface area (Å²) in [6.45, 7) is 0.284. The molecule has 2 aliphatic rings. The number of anilines is 1. The van der Waals surface area contributed by atoms with Gasteiger partial charge in [-0.15, -0.1) is 11.8 Å². The van der Waals surface area contributed by atoms with Crippen LogP contribution >= 0.6 is 23.5 Å². The topological polar surface area (TPSA) is 86.7 Å². The maximum Gasteiger partial charge on any atom is 0.330 e. The number of carbonyl (C=O) groups excluding carboxylic acids is 2. The fourth-order valence-electron chi connectivity index (χ4n) is 3.12. The van der Waals surface area contributed by atoms with E-state index in [0.29, 0.717) is 17.9 Å². The third-order valence-corrected chi connectivity index (χ3v) is 6.61. The van der Waals surface area contributed by atoms with Crippen LogP contribution in [0.5, 0.6) is 0 Å². The van der Waals surface area contributed by atoms with Gasteiger partial charge < -0.3 is 15.3 Å². The highest BCUT2D eigenvalue weighted by Gasteiger charge is 2.45. The van der Waals surface area contributed by atoms with Crippen molar-refractivity contribution in [2.45, 2.75) is 23.3 Å². The molecule has 2 heterocycles. The molecule has 25 heavy (non-hydrogen) atoms. The first-order valence-corrected chi connectivity index (χ1v) is 10.4. The average molecular weight is 380 g/mol. The van der Waals surface area contributed by atoms with Crippen LogP contribution in [-0.4, -0.2) is 52.7 Å². The van der Waals surface area contributed by atoms with Crippen molar-refractivity contribution in [3.63, 3.8) is 0 Å². The summed E-state index contributed by atoms with van der Waals surface area (Å²) in [7, 11) is 0. The van der Waals surface area contributed by atoms with Crippen LogP contribution < -0.4 is 10.2 Å². The zero-order valence-corrected chi connectivity index (χ0v) is 15.5. The van der Waals surface area contributed by atoms with E-state index in [-0.39, 0.29) is 24.8 Å². The van der Waals surface area contributed by atoms with Gasteiger partial charge in [-0.05, 0) is 42.7 Å². The molecule has 134 valence electrons. The van der Waals surface area contributed by atoms with Crippen molar-refractivity contribution in [3.8, 4) is 0 Å². The molecule has 1 aromatic rings. The van der Waals surface area contributed by atoms with Crippen LogP contribution in [0, 0.1) is 5.92 Å². The summed E-state index contributed by atoms with van der Waals surface area (Å²) in [5, 5.41) is 12.2. The Labute approximate surface area is 154 Å². The molecule has 0 aliphatic carbocycles. The number of amides is 2. The number of rotatable bonds is 5. The Bertz CT molecular complexity index is 686. The molecule has 2 fully saturated rings. The Hall–Kier alpha value is -1.67. The molecular weight excluding hydrogens is 360 g/mol. The second-order valence-electron chi connectivity index (χ2n) is 6.28. The average Bonchev–Trinajstić information content (AvgIpc) is 3.22. The lowest BCUT2D eigenvalue weighted by atomic mass is 9.97. The number of carbonyl (C=O) groups is 3. The predicted octanol–water partition coefficient (Wildman–Crippen LogP) is 1.84. The van der Waals surface area contributed by atoms with Crippen LogP contribution in [0.25, 0.3) is 0 Å². The van der Waals surface area contributed by atoms with Gasteiger partial charge >= 0.3 is 5.97 Å². The van der Waals surface area contributed by atoms with Crippen LogP contribution in [0.3, 0.4) is 0 Å². The van der Waals surface area contributed by atoms with E-state index < -0.39 is 17.4 Å². The molecule has 2 atom stereocenters. The number of hydrogen-bond donors (Lipinski definition) is 2. The second-order valence-corrected chi connectivity index (χ2v) is 8.27. The maximum absolute atomic E-state index is 12.6. The summed E-state index contributed by atoms with van der Waals surface area (Å²) in [5.41, 5.74) is -0.430. The van der Waals surface area contributed by atoms with Gasteiger partial charge in [-0.3, -0.25) is 9.59 Å². The maximum atomic E-state index is 12.6.